The van der Waals surface area contributed by atoms with Crippen LogP contribution in [0, 0.1) is 6.92 Å². The Morgan fingerprint density at radius 1 is 1.09 bits per heavy atom. The maximum Gasteiger partial charge on any atom is 0.336 e. The minimum absolute atomic E-state index is 0.297. The molecule has 4 heteroatoms. The van der Waals surface area contributed by atoms with Gasteiger partial charge in [-0.05, 0) is 42.6 Å². The standard InChI is InChI=1S/C19H13NO2S/c1-11-6-7-15-13(8-11)14(19(21)22)10-16(20-15)18-9-12-4-2-3-5-17(12)23-18/h2-10H,1H3,(H,21,22). The molecule has 112 valence electrons. The Kier molecular flexibility index (Phi) is 3.13. The summed E-state index contributed by atoms with van der Waals surface area (Å²) in [6.07, 6.45) is 0. The van der Waals surface area contributed by atoms with Crippen LogP contribution in [0.3, 0.4) is 0 Å². The number of fused-ring (bicyclic) bond motifs is 2. The molecule has 4 rings (SSSR count). The number of nitrogens with zero attached hydrogens (tertiary/aromatic N) is 1. The van der Waals surface area contributed by atoms with Crippen LogP contribution in [0.5, 0.6) is 0 Å². The predicted molar refractivity (Wildman–Crippen MR) is 94.3 cm³/mol. The third-order valence-electron chi connectivity index (χ3n) is 3.87. The van der Waals surface area contributed by atoms with Crippen molar-refractivity contribution in [3.05, 3.63) is 65.7 Å². The zero-order valence-corrected chi connectivity index (χ0v) is 13.2. The summed E-state index contributed by atoms with van der Waals surface area (Å²) in [6.45, 7) is 1.95. The van der Waals surface area contributed by atoms with Crippen molar-refractivity contribution in [1.82, 2.24) is 4.98 Å². The van der Waals surface area contributed by atoms with Gasteiger partial charge in [0.15, 0.2) is 0 Å². The van der Waals surface area contributed by atoms with E-state index >= 15 is 0 Å². The average molecular weight is 319 g/mol. The molecule has 4 aromatic rings. The molecule has 2 aromatic heterocycles. The summed E-state index contributed by atoms with van der Waals surface area (Å²) in [6, 6.07) is 17.6. The van der Waals surface area contributed by atoms with E-state index in [0.717, 1.165) is 15.8 Å². The molecule has 0 saturated carbocycles. The number of aromatic nitrogens is 1. The number of carbonyl (C=O) groups is 1. The van der Waals surface area contributed by atoms with E-state index in [4.69, 9.17) is 0 Å². The summed E-state index contributed by atoms with van der Waals surface area (Å²) in [4.78, 5) is 17.3. The molecular weight excluding hydrogens is 306 g/mol. The number of carboxylic acids is 1. The largest absolute Gasteiger partial charge is 0.478 e. The van der Waals surface area contributed by atoms with Crippen molar-refractivity contribution in [2.75, 3.05) is 0 Å². The molecule has 1 N–H and O–H groups in total. The van der Waals surface area contributed by atoms with Crippen molar-refractivity contribution in [2.24, 2.45) is 0 Å². The molecule has 0 aliphatic carbocycles. The molecule has 0 unspecified atom stereocenters. The fourth-order valence-corrected chi connectivity index (χ4v) is 3.77. The molecule has 2 aromatic carbocycles. The zero-order chi connectivity index (χ0) is 16.0. The predicted octanol–water partition coefficient (Wildman–Crippen LogP) is 5.12. The third-order valence-corrected chi connectivity index (χ3v) is 5.01. The number of pyridine rings is 1. The molecule has 23 heavy (non-hydrogen) atoms. The van der Waals surface area contributed by atoms with Crippen molar-refractivity contribution >= 4 is 38.3 Å². The van der Waals surface area contributed by atoms with Crippen LogP contribution >= 0.6 is 11.3 Å². The lowest BCUT2D eigenvalue weighted by molar-refractivity contribution is 0.0699. The number of hydrogen-bond acceptors (Lipinski definition) is 3. The van der Waals surface area contributed by atoms with E-state index in [2.05, 4.69) is 23.2 Å². The van der Waals surface area contributed by atoms with Crippen LogP contribution in [0.15, 0.2) is 54.6 Å². The molecule has 2 heterocycles. The van der Waals surface area contributed by atoms with E-state index in [-0.39, 0.29) is 0 Å². The van der Waals surface area contributed by atoms with Crippen LogP contribution in [0.4, 0.5) is 0 Å². The molecule has 3 nitrogen and oxygen atoms in total. The van der Waals surface area contributed by atoms with E-state index in [1.165, 1.54) is 4.70 Å². The van der Waals surface area contributed by atoms with Crippen LogP contribution in [0.2, 0.25) is 0 Å². The van der Waals surface area contributed by atoms with E-state index in [1.807, 2.05) is 37.3 Å². The van der Waals surface area contributed by atoms with Gasteiger partial charge in [0, 0.05) is 10.1 Å². The van der Waals surface area contributed by atoms with Gasteiger partial charge in [0.1, 0.15) is 0 Å². The fraction of sp³-hybridized carbons (Fsp3) is 0.0526. The number of hydrogen-bond donors (Lipinski definition) is 1. The molecule has 0 aliphatic heterocycles. The van der Waals surface area contributed by atoms with Gasteiger partial charge in [-0.15, -0.1) is 11.3 Å². The van der Waals surface area contributed by atoms with Crippen LogP contribution in [0.25, 0.3) is 31.6 Å². The topological polar surface area (TPSA) is 50.2 Å². The summed E-state index contributed by atoms with van der Waals surface area (Å²) >= 11 is 1.63. The lowest BCUT2D eigenvalue weighted by Gasteiger charge is -2.06. The number of carboxylic acid groups (broad SMARTS) is 1. The highest BCUT2D eigenvalue weighted by molar-refractivity contribution is 7.22. The lowest BCUT2D eigenvalue weighted by Crippen LogP contribution is -2.00. The minimum atomic E-state index is -0.926. The Balaban J connectivity index is 2.00. The first-order chi connectivity index (χ1) is 11.1. The van der Waals surface area contributed by atoms with Crippen LogP contribution < -0.4 is 0 Å². The Hall–Kier alpha value is -2.72. The van der Waals surface area contributed by atoms with Crippen LogP contribution in [-0.2, 0) is 0 Å². The van der Waals surface area contributed by atoms with Gasteiger partial charge in [-0.3, -0.25) is 0 Å². The molecule has 0 aliphatic rings. The Bertz CT molecular complexity index is 1030. The lowest BCUT2D eigenvalue weighted by atomic mass is 10.0. The van der Waals surface area contributed by atoms with Crippen molar-refractivity contribution in [1.29, 1.82) is 0 Å². The monoisotopic (exact) mass is 319 g/mol. The molecule has 0 spiro atoms. The van der Waals surface area contributed by atoms with Crippen LogP contribution in [-0.4, -0.2) is 16.1 Å². The average Bonchev–Trinajstić information content (AvgIpc) is 2.97. The van der Waals surface area contributed by atoms with Gasteiger partial charge in [0.25, 0.3) is 0 Å². The SMILES string of the molecule is Cc1ccc2nc(-c3cc4ccccc4s3)cc(C(=O)O)c2c1. The summed E-state index contributed by atoms with van der Waals surface area (Å²) in [7, 11) is 0. The number of thiophene rings is 1. The molecule has 0 bridgehead atoms. The van der Waals surface area contributed by atoms with Crippen molar-refractivity contribution in [2.45, 2.75) is 6.92 Å². The maximum atomic E-state index is 11.7. The Labute approximate surface area is 136 Å². The second kappa shape index (κ2) is 5.18. The summed E-state index contributed by atoms with van der Waals surface area (Å²) in [5.41, 5.74) is 2.74. The smallest absolute Gasteiger partial charge is 0.336 e. The summed E-state index contributed by atoms with van der Waals surface area (Å²) < 4.78 is 1.17. The van der Waals surface area contributed by atoms with Gasteiger partial charge in [-0.2, -0.15) is 0 Å². The van der Waals surface area contributed by atoms with Gasteiger partial charge >= 0.3 is 5.97 Å². The molecule has 0 atom stereocenters. The van der Waals surface area contributed by atoms with E-state index in [1.54, 1.807) is 17.4 Å². The van der Waals surface area contributed by atoms with Gasteiger partial charge in [0.2, 0.25) is 0 Å². The highest BCUT2D eigenvalue weighted by Crippen LogP contribution is 2.34. The van der Waals surface area contributed by atoms with Crippen molar-refractivity contribution in [3.8, 4) is 10.6 Å². The second-order valence-electron chi connectivity index (χ2n) is 5.53. The highest BCUT2D eigenvalue weighted by Gasteiger charge is 2.14. The Morgan fingerprint density at radius 2 is 1.91 bits per heavy atom. The van der Waals surface area contributed by atoms with Gasteiger partial charge in [-0.25, -0.2) is 9.78 Å². The van der Waals surface area contributed by atoms with E-state index in [0.29, 0.717) is 22.2 Å². The first kappa shape index (κ1) is 13.9. The number of aromatic carboxylic acids is 1. The quantitative estimate of drug-likeness (QED) is 0.557. The van der Waals surface area contributed by atoms with E-state index < -0.39 is 5.97 Å². The summed E-state index contributed by atoms with van der Waals surface area (Å²) in [5.74, 6) is -0.926. The van der Waals surface area contributed by atoms with Crippen molar-refractivity contribution in [3.63, 3.8) is 0 Å². The van der Waals surface area contributed by atoms with E-state index in [9.17, 15) is 9.90 Å². The number of aryl methyl sites for hydroxylation is 1. The van der Waals surface area contributed by atoms with Gasteiger partial charge in [-0.1, -0.05) is 29.8 Å². The van der Waals surface area contributed by atoms with Crippen LogP contribution in [0.1, 0.15) is 15.9 Å². The number of benzene rings is 2. The molecule has 0 fully saturated rings. The second-order valence-corrected chi connectivity index (χ2v) is 6.61. The fourth-order valence-electron chi connectivity index (χ4n) is 2.75. The third kappa shape index (κ3) is 2.37. The first-order valence-electron chi connectivity index (χ1n) is 7.25. The molecular formula is C19H13NO2S. The van der Waals surface area contributed by atoms with Gasteiger partial charge < -0.3 is 5.11 Å². The zero-order valence-electron chi connectivity index (χ0n) is 12.4. The Morgan fingerprint density at radius 3 is 2.70 bits per heavy atom. The molecule has 0 saturated heterocycles. The van der Waals surface area contributed by atoms with Gasteiger partial charge in [0.05, 0.1) is 21.7 Å². The number of rotatable bonds is 2. The molecule has 0 amide bonds. The normalized spacial score (nSPS) is 11.2. The maximum absolute atomic E-state index is 11.7. The first-order valence-corrected chi connectivity index (χ1v) is 8.07. The minimum Gasteiger partial charge on any atom is -0.478 e. The molecule has 0 radical (unpaired) electrons. The highest BCUT2D eigenvalue weighted by atomic mass is 32.1. The van der Waals surface area contributed by atoms with Crippen molar-refractivity contribution < 1.29 is 9.90 Å². The summed E-state index contributed by atoms with van der Waals surface area (Å²) in [5, 5.41) is 11.4.